The number of rotatable bonds is 4. The zero-order valence-electron chi connectivity index (χ0n) is 11.6. The Hall–Kier alpha value is -0.780. The topological polar surface area (TPSA) is 32.3 Å². The molecule has 0 aromatic heterocycles. The van der Waals surface area contributed by atoms with Crippen LogP contribution in [0.5, 0.6) is 0 Å². The molecule has 0 spiro atoms. The Labute approximate surface area is 127 Å². The maximum absolute atomic E-state index is 12.8. The Morgan fingerprint density at radius 2 is 1.86 bits per heavy atom. The molecule has 118 valence electrons. The first-order chi connectivity index (χ1) is 9.90. The lowest BCUT2D eigenvalue weighted by Gasteiger charge is -2.28. The van der Waals surface area contributed by atoms with Gasteiger partial charge in [0.1, 0.15) is 0 Å². The summed E-state index contributed by atoms with van der Waals surface area (Å²) in [6.07, 6.45) is -0.604. The van der Waals surface area contributed by atoms with Crippen molar-refractivity contribution < 1.29 is 18.3 Å². The van der Waals surface area contributed by atoms with Gasteiger partial charge in [-0.2, -0.15) is 13.2 Å². The SMILES string of the molecule is OCC1CCC(NCc2ccc(Cl)c(C(F)(F)F)c2)CC1. The first kappa shape index (κ1) is 16.6. The van der Waals surface area contributed by atoms with Crippen molar-refractivity contribution >= 4 is 11.6 Å². The number of halogens is 4. The van der Waals surface area contributed by atoms with Gasteiger partial charge in [-0.15, -0.1) is 0 Å². The van der Waals surface area contributed by atoms with Gasteiger partial charge < -0.3 is 10.4 Å². The predicted molar refractivity (Wildman–Crippen MR) is 76.1 cm³/mol. The molecule has 2 N–H and O–H groups in total. The van der Waals surface area contributed by atoms with E-state index in [9.17, 15) is 13.2 Å². The minimum absolute atomic E-state index is 0.221. The van der Waals surface area contributed by atoms with Crippen molar-refractivity contribution in [2.75, 3.05) is 6.61 Å². The molecule has 1 aromatic rings. The second-order valence-corrected chi connectivity index (χ2v) is 6.00. The second kappa shape index (κ2) is 6.99. The molecule has 6 heteroatoms. The molecule has 2 nitrogen and oxygen atoms in total. The van der Waals surface area contributed by atoms with Gasteiger partial charge in [-0.05, 0) is 49.3 Å². The molecule has 0 radical (unpaired) electrons. The molecule has 1 aromatic carbocycles. The number of aliphatic hydroxyl groups excluding tert-OH is 1. The zero-order chi connectivity index (χ0) is 15.5. The average molecular weight is 322 g/mol. The Bertz CT molecular complexity index is 470. The molecule has 1 aliphatic rings. The molecule has 0 heterocycles. The van der Waals surface area contributed by atoms with Gasteiger partial charge in [-0.1, -0.05) is 17.7 Å². The lowest BCUT2D eigenvalue weighted by atomic mass is 9.86. The molecule has 1 fully saturated rings. The fourth-order valence-corrected chi connectivity index (χ4v) is 2.94. The van der Waals surface area contributed by atoms with Crippen LogP contribution in [0.15, 0.2) is 18.2 Å². The van der Waals surface area contributed by atoms with E-state index < -0.39 is 11.7 Å². The van der Waals surface area contributed by atoms with Gasteiger partial charge >= 0.3 is 6.18 Å². The monoisotopic (exact) mass is 321 g/mol. The van der Waals surface area contributed by atoms with Gasteiger partial charge in [0.05, 0.1) is 10.6 Å². The molecule has 2 rings (SSSR count). The highest BCUT2D eigenvalue weighted by Gasteiger charge is 2.33. The molecule has 0 aliphatic heterocycles. The Balaban J connectivity index is 1.92. The van der Waals surface area contributed by atoms with Crippen LogP contribution in [0.1, 0.15) is 36.8 Å². The molecule has 1 aliphatic carbocycles. The lowest BCUT2D eigenvalue weighted by molar-refractivity contribution is -0.137. The number of alkyl halides is 3. The first-order valence-electron chi connectivity index (χ1n) is 7.10. The van der Waals surface area contributed by atoms with Crippen LogP contribution in [-0.4, -0.2) is 17.8 Å². The number of nitrogens with one attached hydrogen (secondary N) is 1. The minimum atomic E-state index is -4.42. The fourth-order valence-electron chi connectivity index (χ4n) is 2.71. The maximum atomic E-state index is 12.8. The summed E-state index contributed by atoms with van der Waals surface area (Å²) in [4.78, 5) is 0. The lowest BCUT2D eigenvalue weighted by Crippen LogP contribution is -2.33. The van der Waals surface area contributed by atoms with Crippen LogP contribution in [-0.2, 0) is 12.7 Å². The Kier molecular flexibility index (Phi) is 5.52. The van der Waals surface area contributed by atoms with Crippen LogP contribution in [0.3, 0.4) is 0 Å². The summed E-state index contributed by atoms with van der Waals surface area (Å²) in [5.41, 5.74) is -0.205. The highest BCUT2D eigenvalue weighted by molar-refractivity contribution is 6.31. The third kappa shape index (κ3) is 4.59. The summed E-state index contributed by atoms with van der Waals surface area (Å²) in [5, 5.41) is 12.1. The number of hydrogen-bond donors (Lipinski definition) is 2. The number of hydrogen-bond acceptors (Lipinski definition) is 2. The predicted octanol–water partition coefficient (Wildman–Crippen LogP) is 4.00. The molecule has 0 saturated heterocycles. The van der Waals surface area contributed by atoms with Gasteiger partial charge in [0, 0.05) is 19.2 Å². The fraction of sp³-hybridized carbons (Fsp3) is 0.600. The summed E-state index contributed by atoms with van der Waals surface area (Å²) in [7, 11) is 0. The van der Waals surface area contributed by atoms with Gasteiger partial charge in [0.25, 0.3) is 0 Å². The standard InChI is InChI=1S/C15H19ClF3NO/c16-14-6-3-11(7-13(14)15(17,18)19)8-20-12-4-1-10(9-21)2-5-12/h3,6-7,10,12,20-21H,1-2,4-5,8-9H2. The van der Waals surface area contributed by atoms with Crippen molar-refractivity contribution in [3.63, 3.8) is 0 Å². The van der Waals surface area contributed by atoms with Crippen LogP contribution in [0.25, 0.3) is 0 Å². The van der Waals surface area contributed by atoms with Gasteiger partial charge in [0.2, 0.25) is 0 Å². The van der Waals surface area contributed by atoms with E-state index >= 15 is 0 Å². The van der Waals surface area contributed by atoms with Crippen molar-refractivity contribution in [3.05, 3.63) is 34.3 Å². The molecular weight excluding hydrogens is 303 g/mol. The quantitative estimate of drug-likeness (QED) is 0.878. The third-order valence-electron chi connectivity index (χ3n) is 4.04. The third-order valence-corrected chi connectivity index (χ3v) is 4.37. The molecule has 0 atom stereocenters. The number of benzene rings is 1. The van der Waals surface area contributed by atoms with Crippen molar-refractivity contribution in [2.45, 2.75) is 44.4 Å². The van der Waals surface area contributed by atoms with Crippen molar-refractivity contribution in [1.82, 2.24) is 5.32 Å². The van der Waals surface area contributed by atoms with Gasteiger partial charge in [0.15, 0.2) is 0 Å². The molecule has 0 amide bonds. The number of aliphatic hydroxyl groups is 1. The van der Waals surface area contributed by atoms with E-state index in [0.717, 1.165) is 31.7 Å². The van der Waals surface area contributed by atoms with E-state index in [0.29, 0.717) is 24.1 Å². The van der Waals surface area contributed by atoms with Gasteiger partial charge in [-0.25, -0.2) is 0 Å². The second-order valence-electron chi connectivity index (χ2n) is 5.59. The normalized spacial score (nSPS) is 23.3. The van der Waals surface area contributed by atoms with Crippen molar-refractivity contribution in [3.8, 4) is 0 Å². The smallest absolute Gasteiger partial charge is 0.396 e. The Morgan fingerprint density at radius 3 is 2.43 bits per heavy atom. The molecular formula is C15H19ClF3NO. The maximum Gasteiger partial charge on any atom is 0.417 e. The van der Waals surface area contributed by atoms with E-state index in [4.69, 9.17) is 16.7 Å². The first-order valence-corrected chi connectivity index (χ1v) is 7.48. The summed E-state index contributed by atoms with van der Waals surface area (Å²) in [6.45, 7) is 0.619. The molecule has 21 heavy (non-hydrogen) atoms. The van der Waals surface area contributed by atoms with E-state index in [1.54, 1.807) is 6.07 Å². The highest BCUT2D eigenvalue weighted by atomic mass is 35.5. The van der Waals surface area contributed by atoms with E-state index in [1.807, 2.05) is 0 Å². The average Bonchev–Trinajstić information content (AvgIpc) is 2.45. The summed E-state index contributed by atoms with van der Waals surface area (Å²) >= 11 is 5.60. The van der Waals surface area contributed by atoms with E-state index in [1.165, 1.54) is 6.07 Å². The summed E-state index contributed by atoms with van der Waals surface area (Å²) < 4.78 is 38.3. The molecule has 0 bridgehead atoms. The van der Waals surface area contributed by atoms with E-state index in [2.05, 4.69) is 5.32 Å². The van der Waals surface area contributed by atoms with Crippen LogP contribution < -0.4 is 5.32 Å². The van der Waals surface area contributed by atoms with Crippen LogP contribution >= 0.6 is 11.6 Å². The molecule has 0 unspecified atom stereocenters. The van der Waals surface area contributed by atoms with Gasteiger partial charge in [-0.3, -0.25) is 0 Å². The Morgan fingerprint density at radius 1 is 1.19 bits per heavy atom. The summed E-state index contributed by atoms with van der Waals surface area (Å²) in [6, 6.07) is 4.32. The summed E-state index contributed by atoms with van der Waals surface area (Å²) in [5.74, 6) is 0.371. The van der Waals surface area contributed by atoms with Crippen LogP contribution in [0.2, 0.25) is 5.02 Å². The molecule has 1 saturated carbocycles. The minimum Gasteiger partial charge on any atom is -0.396 e. The van der Waals surface area contributed by atoms with E-state index in [-0.39, 0.29) is 11.6 Å². The van der Waals surface area contributed by atoms with Crippen molar-refractivity contribution in [2.24, 2.45) is 5.92 Å². The van der Waals surface area contributed by atoms with Crippen LogP contribution in [0, 0.1) is 5.92 Å². The highest BCUT2D eigenvalue weighted by Crippen LogP contribution is 2.35. The zero-order valence-corrected chi connectivity index (χ0v) is 12.3. The van der Waals surface area contributed by atoms with Crippen molar-refractivity contribution in [1.29, 1.82) is 0 Å². The largest absolute Gasteiger partial charge is 0.417 e. The van der Waals surface area contributed by atoms with Crippen LogP contribution in [0.4, 0.5) is 13.2 Å².